The molecule has 276 valence electrons. The summed E-state index contributed by atoms with van der Waals surface area (Å²) in [6, 6.07) is 0. The molecule has 0 amide bonds. The zero-order valence-electron chi connectivity index (χ0n) is 26.9. The van der Waals surface area contributed by atoms with Gasteiger partial charge in [0.15, 0.2) is 0 Å². The lowest BCUT2D eigenvalue weighted by molar-refractivity contribution is -0.0995. The lowest BCUT2D eigenvalue weighted by atomic mass is 10.4. The molecule has 0 spiro atoms. The van der Waals surface area contributed by atoms with Crippen molar-refractivity contribution in [2.24, 2.45) is 0 Å². The van der Waals surface area contributed by atoms with Gasteiger partial charge in [-0.25, -0.2) is 0 Å². The summed E-state index contributed by atoms with van der Waals surface area (Å²) in [5.74, 6) is 0. The molecule has 0 unspecified atom stereocenters. The summed E-state index contributed by atoms with van der Waals surface area (Å²) >= 11 is 0. The molecule has 0 radical (unpaired) electrons. The van der Waals surface area contributed by atoms with Crippen LogP contribution in [0.4, 0.5) is 0 Å². The molecule has 0 aliphatic rings. The third-order valence-electron chi connectivity index (χ3n) is 4.50. The molecular formula is C29H78N8O7. The molecule has 0 fully saturated rings. The molecule has 0 aliphatic carbocycles. The van der Waals surface area contributed by atoms with E-state index in [1.165, 1.54) is 0 Å². The number of unbranched alkanes of at least 4 members (excludes halogenated alkanes) is 1. The Labute approximate surface area is 273 Å². The van der Waals surface area contributed by atoms with Crippen molar-refractivity contribution >= 4 is 0 Å². The lowest BCUT2D eigenvalue weighted by Gasteiger charge is -2.22. The summed E-state index contributed by atoms with van der Waals surface area (Å²) in [5.41, 5.74) is 0. The molecule has 0 bridgehead atoms. The van der Waals surface area contributed by atoms with Gasteiger partial charge in [-0.1, -0.05) is 43.1 Å². The first-order chi connectivity index (χ1) is 19.3. The largest absolute Gasteiger partial charge is 0.366 e. The first-order valence-electron chi connectivity index (χ1n) is 13.7. The summed E-state index contributed by atoms with van der Waals surface area (Å²) in [4.78, 5) is 9.80. The van der Waals surface area contributed by atoms with Gasteiger partial charge in [-0.2, -0.15) is 0 Å². The van der Waals surface area contributed by atoms with Crippen LogP contribution in [0.2, 0.25) is 0 Å². The second-order valence-corrected chi connectivity index (χ2v) is 9.55. The van der Waals surface area contributed by atoms with Crippen molar-refractivity contribution in [2.45, 2.75) is 49.5 Å². The van der Waals surface area contributed by atoms with Crippen LogP contribution in [0.1, 0.15) is 49.5 Å². The zero-order valence-corrected chi connectivity index (χ0v) is 26.9. The average Bonchev–Trinajstić information content (AvgIpc) is 2.92. The van der Waals surface area contributed by atoms with Crippen molar-refractivity contribution in [1.82, 2.24) is 40.4 Å². The number of hydrogen-bond acceptors (Lipinski definition) is 15. The van der Waals surface area contributed by atoms with Gasteiger partial charge in [-0.3, -0.25) is 40.4 Å². The molecule has 3 N–H and O–H groups in total. The predicted octanol–water partition coefficient (Wildman–Crippen LogP) is 2.20. The third-order valence-corrected chi connectivity index (χ3v) is 4.50. The minimum atomic E-state index is 0. The van der Waals surface area contributed by atoms with E-state index in [4.69, 9.17) is 33.2 Å². The molecule has 0 aromatic carbocycles. The molecule has 0 aromatic rings. The smallest absolute Gasteiger partial charge is 0.102 e. The van der Waals surface area contributed by atoms with Crippen LogP contribution in [-0.4, -0.2) is 175 Å². The second-order valence-electron chi connectivity index (χ2n) is 9.55. The summed E-state index contributed by atoms with van der Waals surface area (Å²) < 4.78 is 38.0. The van der Waals surface area contributed by atoms with Gasteiger partial charge in [0.2, 0.25) is 0 Å². The van der Waals surface area contributed by atoms with Crippen molar-refractivity contribution in [2.75, 3.05) is 150 Å². The van der Waals surface area contributed by atoms with E-state index in [1.54, 1.807) is 0 Å². The van der Waals surface area contributed by atoms with Crippen LogP contribution in [0.25, 0.3) is 0 Å². The maximum absolute atomic E-state index is 5.60. The van der Waals surface area contributed by atoms with Crippen LogP contribution in [0, 0.1) is 0 Å². The van der Waals surface area contributed by atoms with Gasteiger partial charge in [0.25, 0.3) is 0 Å². The van der Waals surface area contributed by atoms with Crippen molar-refractivity contribution in [1.29, 1.82) is 0 Å². The number of nitrogens with one attached hydrogen (secondary N) is 3. The summed E-state index contributed by atoms with van der Waals surface area (Å²) in [7, 11) is 15.3. The van der Waals surface area contributed by atoms with Gasteiger partial charge in [0.1, 0.15) is 67.3 Å². The highest BCUT2D eigenvalue weighted by atomic mass is 16.5. The second kappa shape index (κ2) is 44.5. The van der Waals surface area contributed by atoms with Crippen LogP contribution in [-0.2, 0) is 33.2 Å². The Morgan fingerprint density at radius 1 is 0.386 bits per heavy atom. The monoisotopic (exact) mass is 651 g/mol. The maximum Gasteiger partial charge on any atom is 0.102 e. The van der Waals surface area contributed by atoms with E-state index in [0.29, 0.717) is 87.5 Å². The fraction of sp³-hybridized carbons (Fsp3) is 1.00. The van der Waals surface area contributed by atoms with E-state index < -0.39 is 0 Å². The molecule has 15 nitrogen and oxygen atoms in total. The number of rotatable bonds is 29. The minimum Gasteiger partial charge on any atom is -0.366 e. The van der Waals surface area contributed by atoms with Gasteiger partial charge in [0, 0.05) is 6.61 Å². The fourth-order valence-electron chi connectivity index (χ4n) is 2.62. The normalized spacial score (nSPS) is 10.8. The summed E-state index contributed by atoms with van der Waals surface area (Å²) in [5, 5.41) is 8.73. The van der Waals surface area contributed by atoms with E-state index in [0.717, 1.165) is 19.4 Å². The molecule has 0 rings (SSSR count). The van der Waals surface area contributed by atoms with Gasteiger partial charge >= 0.3 is 0 Å². The third kappa shape index (κ3) is 45.8. The topological polar surface area (TPSA) is 117 Å². The Hall–Kier alpha value is -0.600. The quantitative estimate of drug-likeness (QED) is 0.0811. The molecule has 0 heterocycles. The molecule has 0 saturated carbocycles. The first kappa shape index (κ1) is 55.8. The number of nitrogens with zero attached hydrogens (tertiary/aromatic N) is 5. The molecule has 44 heavy (non-hydrogen) atoms. The Morgan fingerprint density at radius 2 is 0.614 bits per heavy atom. The van der Waals surface area contributed by atoms with Crippen LogP contribution >= 0.6 is 0 Å². The molecule has 0 atom stereocenters. The molecule has 0 aliphatic heterocycles. The van der Waals surface area contributed by atoms with E-state index in [1.807, 2.05) is 80.9 Å². The van der Waals surface area contributed by atoms with Gasteiger partial charge in [-0.05, 0) is 62.8 Å². The van der Waals surface area contributed by atoms with Gasteiger partial charge < -0.3 is 33.2 Å². The Balaban J connectivity index is -0.000000156. The van der Waals surface area contributed by atoms with E-state index in [9.17, 15) is 0 Å². The van der Waals surface area contributed by atoms with Crippen LogP contribution in [0.5, 0.6) is 0 Å². The zero-order chi connectivity index (χ0) is 30.3. The highest BCUT2D eigenvalue weighted by Crippen LogP contribution is 1.93. The fourth-order valence-corrected chi connectivity index (χ4v) is 2.62. The van der Waals surface area contributed by atoms with Crippen molar-refractivity contribution in [3.8, 4) is 0 Å². The standard InChI is InChI=1S/C15H36N4O4.C10H26N4O3.4CH4/c1-6-7-8-20-10-17(3)12-22-14-19(5)15-23-13-18(4)11-21-9-16-2;1-11-5-15-7-13(3)9-17-10-14(4)8-16-6-12-2;;;;/h16H,6-15H2,1-5H3;11-12H,5-10H2,1-4H3;4*1H4. The van der Waals surface area contributed by atoms with Crippen LogP contribution in [0.3, 0.4) is 0 Å². The average molecular weight is 651 g/mol. The molecule has 0 saturated heterocycles. The highest BCUT2D eigenvalue weighted by Gasteiger charge is 2.04. The molecule has 0 aromatic heterocycles. The van der Waals surface area contributed by atoms with E-state index >= 15 is 0 Å². The van der Waals surface area contributed by atoms with Crippen molar-refractivity contribution in [3.63, 3.8) is 0 Å². The molecule has 15 heteroatoms. The van der Waals surface area contributed by atoms with E-state index in [2.05, 4.69) is 22.9 Å². The minimum absolute atomic E-state index is 0. The Kier molecular flexibility index (Phi) is 56.4. The highest BCUT2D eigenvalue weighted by molar-refractivity contribution is 4.40. The number of ether oxygens (including phenoxy) is 7. The van der Waals surface area contributed by atoms with Gasteiger partial charge in [-0.15, -0.1) is 0 Å². The van der Waals surface area contributed by atoms with Crippen LogP contribution < -0.4 is 16.0 Å². The summed E-state index contributed by atoms with van der Waals surface area (Å²) in [6.07, 6.45) is 2.25. The summed E-state index contributed by atoms with van der Waals surface area (Å²) in [6.45, 7) is 9.92. The SMILES string of the molecule is C.C.C.C.CCCCOCN(C)COCN(C)COCN(C)COCNC.CNCOCN(C)COCN(C)COCNC. The van der Waals surface area contributed by atoms with Crippen LogP contribution in [0.15, 0.2) is 0 Å². The lowest BCUT2D eigenvalue weighted by Crippen LogP contribution is -2.33. The van der Waals surface area contributed by atoms with Crippen molar-refractivity contribution < 1.29 is 33.2 Å². The Morgan fingerprint density at radius 3 is 0.841 bits per heavy atom. The molecular weight excluding hydrogens is 572 g/mol. The number of hydrogen-bond donors (Lipinski definition) is 3. The van der Waals surface area contributed by atoms with E-state index in [-0.39, 0.29) is 29.7 Å². The Bertz CT molecular complexity index is 479. The van der Waals surface area contributed by atoms with Crippen molar-refractivity contribution in [3.05, 3.63) is 0 Å². The predicted molar refractivity (Wildman–Crippen MR) is 184 cm³/mol. The first-order valence-corrected chi connectivity index (χ1v) is 13.7. The van der Waals surface area contributed by atoms with Gasteiger partial charge in [0.05, 0.1) is 20.2 Å². The maximum atomic E-state index is 5.60.